The number of nitroso groups, excluding NO2 is 1. The normalized spacial score (nSPS) is 15.5. The molecule has 0 spiro atoms. The first-order valence-electron chi connectivity index (χ1n) is 3.81. The van der Waals surface area contributed by atoms with Crippen molar-refractivity contribution in [1.29, 1.82) is 0 Å². The molecule has 0 bridgehead atoms. The van der Waals surface area contributed by atoms with Crippen molar-refractivity contribution in [2.75, 3.05) is 11.7 Å². The molecule has 1 aliphatic rings. The molecule has 0 saturated carbocycles. The van der Waals surface area contributed by atoms with Gasteiger partial charge in [0.1, 0.15) is 0 Å². The van der Waals surface area contributed by atoms with E-state index in [1.165, 1.54) is 5.01 Å². The van der Waals surface area contributed by atoms with Crippen LogP contribution in [0.5, 0.6) is 0 Å². The minimum absolute atomic E-state index is 0.501. The van der Waals surface area contributed by atoms with Gasteiger partial charge in [-0.25, -0.2) is 5.01 Å². The summed E-state index contributed by atoms with van der Waals surface area (Å²) >= 11 is 0. The summed E-state index contributed by atoms with van der Waals surface area (Å²) in [6.07, 6.45) is 0. The number of nitrogens with zero attached hydrogens (tertiary/aromatic N) is 2. The third-order valence-corrected chi connectivity index (χ3v) is 1.95. The van der Waals surface area contributed by atoms with Crippen molar-refractivity contribution in [2.24, 2.45) is 5.29 Å². The molecule has 0 saturated heterocycles. The molecule has 0 atom stereocenters. The monoisotopic (exact) mass is 163 g/mol. The molecule has 12 heavy (non-hydrogen) atoms. The zero-order chi connectivity index (χ0) is 8.39. The smallest absolute Gasteiger partial charge is 0.0945 e. The van der Waals surface area contributed by atoms with Gasteiger partial charge in [0.05, 0.1) is 17.6 Å². The van der Waals surface area contributed by atoms with E-state index in [4.69, 9.17) is 0 Å². The van der Waals surface area contributed by atoms with Crippen molar-refractivity contribution in [1.82, 2.24) is 5.32 Å². The number of hydrogen-bond donors (Lipinski definition) is 1. The second-order valence-corrected chi connectivity index (χ2v) is 2.69. The summed E-state index contributed by atoms with van der Waals surface area (Å²) in [5.41, 5.74) is 2.02. The van der Waals surface area contributed by atoms with Crippen molar-refractivity contribution in [3.63, 3.8) is 0 Å². The molecule has 0 fully saturated rings. The number of fused-ring (bicyclic) bond motifs is 1. The highest BCUT2D eigenvalue weighted by Crippen LogP contribution is 2.22. The predicted octanol–water partition coefficient (Wildman–Crippen LogP) is 1.24. The summed E-state index contributed by atoms with van der Waals surface area (Å²) in [5.74, 6) is 0. The Balaban J connectivity index is 2.43. The summed E-state index contributed by atoms with van der Waals surface area (Å²) in [7, 11) is 0. The first-order chi connectivity index (χ1) is 5.92. The minimum Gasteiger partial charge on any atom is -0.294 e. The molecule has 0 radical (unpaired) electrons. The quantitative estimate of drug-likeness (QED) is 0.633. The first-order valence-corrected chi connectivity index (χ1v) is 3.81. The Morgan fingerprint density at radius 2 is 2.25 bits per heavy atom. The number of anilines is 1. The zero-order valence-electron chi connectivity index (χ0n) is 6.53. The molecule has 1 N–H and O–H groups in total. The van der Waals surface area contributed by atoms with Gasteiger partial charge in [-0.2, -0.15) is 0 Å². The number of rotatable bonds is 1. The van der Waals surface area contributed by atoms with Crippen LogP contribution in [0.1, 0.15) is 5.56 Å². The van der Waals surface area contributed by atoms with E-state index in [-0.39, 0.29) is 0 Å². The third kappa shape index (κ3) is 1.06. The zero-order valence-corrected chi connectivity index (χ0v) is 6.53. The lowest BCUT2D eigenvalue weighted by molar-refractivity contribution is 0.624. The van der Waals surface area contributed by atoms with Crippen molar-refractivity contribution < 1.29 is 0 Å². The topological polar surface area (TPSA) is 44.7 Å². The standard InChI is InChI=1S/C8H9N3O/c12-10-11-6-9-5-7-3-1-2-4-8(7)11/h1-4,9H,5-6H2. The van der Waals surface area contributed by atoms with Crippen molar-refractivity contribution in [3.8, 4) is 0 Å². The van der Waals surface area contributed by atoms with Crippen LogP contribution >= 0.6 is 0 Å². The molecule has 1 aromatic rings. The largest absolute Gasteiger partial charge is 0.294 e. The highest BCUT2D eigenvalue weighted by molar-refractivity contribution is 5.54. The van der Waals surface area contributed by atoms with Gasteiger partial charge < -0.3 is 0 Å². The maximum Gasteiger partial charge on any atom is 0.0945 e. The van der Waals surface area contributed by atoms with Crippen LogP contribution in [0.4, 0.5) is 5.69 Å². The molecule has 0 unspecified atom stereocenters. The van der Waals surface area contributed by atoms with E-state index in [9.17, 15) is 4.91 Å². The molecular weight excluding hydrogens is 154 g/mol. The average molecular weight is 163 g/mol. The lowest BCUT2D eigenvalue weighted by Crippen LogP contribution is -2.34. The van der Waals surface area contributed by atoms with Gasteiger partial charge in [0.2, 0.25) is 0 Å². The lowest BCUT2D eigenvalue weighted by atomic mass is 10.1. The number of nitrogens with one attached hydrogen (secondary N) is 1. The van der Waals surface area contributed by atoms with Crippen LogP contribution in [0.3, 0.4) is 0 Å². The fraction of sp³-hybridized carbons (Fsp3) is 0.250. The molecule has 0 aromatic heterocycles. The Kier molecular flexibility index (Phi) is 1.75. The SMILES string of the molecule is O=NN1CNCc2ccccc21. The highest BCUT2D eigenvalue weighted by atomic mass is 16.3. The fourth-order valence-electron chi connectivity index (χ4n) is 1.37. The fourth-order valence-corrected chi connectivity index (χ4v) is 1.37. The molecule has 2 rings (SSSR count). The van der Waals surface area contributed by atoms with Crippen LogP contribution in [-0.4, -0.2) is 6.67 Å². The van der Waals surface area contributed by atoms with Gasteiger partial charge in [0.25, 0.3) is 0 Å². The second kappa shape index (κ2) is 2.91. The van der Waals surface area contributed by atoms with Crippen LogP contribution in [0.2, 0.25) is 0 Å². The summed E-state index contributed by atoms with van der Waals surface area (Å²) in [6.45, 7) is 1.31. The second-order valence-electron chi connectivity index (χ2n) is 2.69. The first kappa shape index (κ1) is 7.24. The van der Waals surface area contributed by atoms with Crippen LogP contribution in [0.15, 0.2) is 29.6 Å². The van der Waals surface area contributed by atoms with E-state index in [2.05, 4.69) is 10.6 Å². The van der Waals surface area contributed by atoms with E-state index in [1.807, 2.05) is 24.3 Å². The van der Waals surface area contributed by atoms with Crippen molar-refractivity contribution >= 4 is 5.69 Å². The van der Waals surface area contributed by atoms with Gasteiger partial charge >= 0.3 is 0 Å². The Bertz CT molecular complexity index is 300. The van der Waals surface area contributed by atoms with Gasteiger partial charge in [-0.05, 0) is 11.6 Å². The number of hydrogen-bond acceptors (Lipinski definition) is 3. The summed E-state index contributed by atoms with van der Waals surface area (Å²) in [4.78, 5) is 10.4. The molecular formula is C8H9N3O. The predicted molar refractivity (Wildman–Crippen MR) is 46.4 cm³/mol. The van der Waals surface area contributed by atoms with E-state index in [0.29, 0.717) is 6.67 Å². The molecule has 1 aromatic carbocycles. The minimum atomic E-state index is 0.501. The highest BCUT2D eigenvalue weighted by Gasteiger charge is 2.14. The summed E-state index contributed by atoms with van der Waals surface area (Å²) in [6, 6.07) is 7.74. The van der Waals surface area contributed by atoms with Crippen molar-refractivity contribution in [3.05, 3.63) is 34.7 Å². The van der Waals surface area contributed by atoms with Crippen LogP contribution in [0.25, 0.3) is 0 Å². The van der Waals surface area contributed by atoms with Crippen LogP contribution in [0, 0.1) is 4.91 Å². The molecule has 4 heteroatoms. The Hall–Kier alpha value is -1.42. The molecule has 0 amide bonds. The molecule has 1 aliphatic heterocycles. The number of para-hydroxylation sites is 1. The molecule has 4 nitrogen and oxygen atoms in total. The van der Waals surface area contributed by atoms with E-state index in [1.54, 1.807) is 0 Å². The maximum atomic E-state index is 10.4. The van der Waals surface area contributed by atoms with Crippen LogP contribution < -0.4 is 10.3 Å². The third-order valence-electron chi connectivity index (χ3n) is 1.95. The van der Waals surface area contributed by atoms with Crippen LogP contribution in [-0.2, 0) is 6.54 Å². The average Bonchev–Trinajstić information content (AvgIpc) is 2.17. The van der Waals surface area contributed by atoms with Gasteiger partial charge in [0.15, 0.2) is 0 Å². The van der Waals surface area contributed by atoms with E-state index < -0.39 is 0 Å². The van der Waals surface area contributed by atoms with E-state index in [0.717, 1.165) is 17.8 Å². The maximum absolute atomic E-state index is 10.4. The Labute approximate surface area is 70.1 Å². The summed E-state index contributed by atoms with van der Waals surface area (Å²) < 4.78 is 0. The Morgan fingerprint density at radius 3 is 3.08 bits per heavy atom. The Morgan fingerprint density at radius 1 is 1.42 bits per heavy atom. The van der Waals surface area contributed by atoms with Gasteiger partial charge in [-0.15, -0.1) is 4.91 Å². The molecule has 1 heterocycles. The van der Waals surface area contributed by atoms with Gasteiger partial charge in [-0.1, -0.05) is 18.2 Å². The lowest BCUT2D eigenvalue weighted by Gasteiger charge is -2.24. The van der Waals surface area contributed by atoms with Gasteiger partial charge in [0, 0.05) is 6.54 Å². The van der Waals surface area contributed by atoms with E-state index >= 15 is 0 Å². The number of benzene rings is 1. The van der Waals surface area contributed by atoms with Crippen molar-refractivity contribution in [2.45, 2.75) is 6.54 Å². The van der Waals surface area contributed by atoms with Gasteiger partial charge in [-0.3, -0.25) is 5.32 Å². The summed E-state index contributed by atoms with van der Waals surface area (Å²) in [5, 5.41) is 7.40. The molecule has 0 aliphatic carbocycles. The molecule has 62 valence electrons.